The summed E-state index contributed by atoms with van der Waals surface area (Å²) in [6.45, 7) is 14.9. The molecule has 15 heteroatoms. The summed E-state index contributed by atoms with van der Waals surface area (Å²) < 4.78 is 71.0. The first-order valence-corrected chi connectivity index (χ1v) is 21.0. The van der Waals surface area contributed by atoms with E-state index >= 15 is 0 Å². The molecule has 0 aromatic carbocycles. The number of esters is 1. The topological polar surface area (TPSA) is 137 Å². The van der Waals surface area contributed by atoms with E-state index in [1.807, 2.05) is 0 Å². The third kappa shape index (κ3) is 49.3. The Labute approximate surface area is 332 Å². The molecule has 54 heavy (non-hydrogen) atoms. The van der Waals surface area contributed by atoms with Gasteiger partial charge in [0.2, 0.25) is 0 Å². The Morgan fingerprint density at radius 1 is 0.315 bits per heavy atom. The lowest BCUT2D eigenvalue weighted by Gasteiger charge is -2.09. The molecule has 0 saturated heterocycles. The Balaban J connectivity index is 3.09. The number of hydrogen-bond acceptors (Lipinski definition) is 14. The summed E-state index contributed by atoms with van der Waals surface area (Å²) in [7, 11) is 0. The third-order valence-electron chi connectivity index (χ3n) is 7.49. The van der Waals surface area contributed by atoms with Crippen LogP contribution in [0.2, 0.25) is 0 Å². The fourth-order valence-electron chi connectivity index (χ4n) is 4.51. The van der Waals surface area contributed by atoms with E-state index in [1.165, 1.54) is 32.1 Å². The van der Waals surface area contributed by atoms with Crippen molar-refractivity contribution in [3.05, 3.63) is 0 Å². The van der Waals surface area contributed by atoms with Crippen molar-refractivity contribution in [2.75, 3.05) is 171 Å². The number of alkyl halides is 1. The quantitative estimate of drug-likeness (QED) is 0.0448. The number of carbonyl (C=O) groups excluding carboxylic acids is 1. The molecule has 324 valence electrons. The monoisotopic (exact) mass is 805 g/mol. The van der Waals surface area contributed by atoms with Crippen LogP contribution in [-0.4, -0.2) is 177 Å². The maximum atomic E-state index is 11.7. The summed E-state index contributed by atoms with van der Waals surface area (Å²) in [6.07, 6.45) is 11.9. The summed E-state index contributed by atoms with van der Waals surface area (Å²) in [5, 5.41) is 0. The minimum absolute atomic E-state index is 0.144. The maximum absolute atomic E-state index is 11.7. The zero-order valence-corrected chi connectivity index (χ0v) is 34.5. The van der Waals surface area contributed by atoms with Crippen molar-refractivity contribution in [3.63, 3.8) is 0 Å². The van der Waals surface area contributed by atoms with E-state index in [0.29, 0.717) is 158 Å². The number of hydrogen-bond donors (Lipinski definition) is 0. The number of unbranched alkanes of at least 4 members (excludes halogenated alkanes) is 8. The summed E-state index contributed by atoms with van der Waals surface area (Å²) in [6, 6.07) is 0. The van der Waals surface area contributed by atoms with Crippen LogP contribution in [0.25, 0.3) is 0 Å². The van der Waals surface area contributed by atoms with E-state index in [9.17, 15) is 4.79 Å². The van der Waals surface area contributed by atoms with Gasteiger partial charge in [0.25, 0.3) is 0 Å². The lowest BCUT2D eigenvalue weighted by atomic mass is 10.1. The predicted octanol–water partition coefficient (Wildman–Crippen LogP) is 5.28. The number of halogens is 1. The molecule has 0 N–H and O–H groups in total. The second-order valence-electron chi connectivity index (χ2n) is 12.2. The van der Waals surface area contributed by atoms with Crippen LogP contribution in [0.1, 0.15) is 77.6 Å². The predicted molar refractivity (Wildman–Crippen MR) is 208 cm³/mol. The van der Waals surface area contributed by atoms with E-state index < -0.39 is 0 Å². The molecule has 0 bridgehead atoms. The van der Waals surface area contributed by atoms with Crippen LogP contribution in [0.3, 0.4) is 0 Å². The van der Waals surface area contributed by atoms with Crippen LogP contribution >= 0.6 is 11.6 Å². The molecule has 0 rings (SSSR count). The minimum atomic E-state index is -0.144. The average molecular weight is 805 g/mol. The highest BCUT2D eigenvalue weighted by Crippen LogP contribution is 2.07. The van der Waals surface area contributed by atoms with Gasteiger partial charge in [0.05, 0.1) is 152 Å². The van der Waals surface area contributed by atoms with Crippen molar-refractivity contribution in [2.24, 2.45) is 0 Å². The third-order valence-corrected chi connectivity index (χ3v) is 7.76. The summed E-state index contributed by atoms with van der Waals surface area (Å²) in [5.41, 5.74) is 0. The highest BCUT2D eigenvalue weighted by molar-refractivity contribution is 6.17. The molecule has 14 nitrogen and oxygen atoms in total. The first-order chi connectivity index (χ1) is 26.8. The van der Waals surface area contributed by atoms with Gasteiger partial charge in [-0.15, -0.1) is 11.6 Å². The van der Waals surface area contributed by atoms with Crippen LogP contribution in [-0.2, 0) is 66.4 Å². The van der Waals surface area contributed by atoms with Crippen molar-refractivity contribution in [2.45, 2.75) is 77.6 Å². The molecular formula is C39H77ClO14. The second kappa shape index (κ2) is 50.3. The molecule has 0 atom stereocenters. The molecular weight excluding hydrogens is 728 g/mol. The van der Waals surface area contributed by atoms with E-state index in [2.05, 4.69) is 6.92 Å². The van der Waals surface area contributed by atoms with E-state index in [1.54, 1.807) is 0 Å². The Hall–Kier alpha value is -0.720. The normalized spacial score (nSPS) is 11.5. The van der Waals surface area contributed by atoms with Gasteiger partial charge in [-0.05, 0) is 19.3 Å². The van der Waals surface area contributed by atoms with Crippen molar-refractivity contribution >= 4 is 17.6 Å². The smallest absolute Gasteiger partial charge is 0.305 e. The van der Waals surface area contributed by atoms with Crippen LogP contribution in [0.4, 0.5) is 0 Å². The molecule has 0 aliphatic heterocycles. The fraction of sp³-hybridized carbons (Fsp3) is 0.974. The second-order valence-corrected chi connectivity index (χ2v) is 12.6. The minimum Gasteiger partial charge on any atom is -0.463 e. The number of ether oxygens (including phenoxy) is 13. The highest BCUT2D eigenvalue weighted by Gasteiger charge is 2.03. The SMILES string of the molecule is CCCCCCCCC(=O)OCCOCCOCCOCCOCCOCCOCCOCCOCCOCCOCCOCCOCCCCCCCl. The number of rotatable bonds is 49. The van der Waals surface area contributed by atoms with E-state index in [-0.39, 0.29) is 12.6 Å². The van der Waals surface area contributed by atoms with Crippen molar-refractivity contribution in [1.82, 2.24) is 0 Å². The highest BCUT2D eigenvalue weighted by atomic mass is 35.5. The number of carbonyl (C=O) groups is 1. The molecule has 0 spiro atoms. The van der Waals surface area contributed by atoms with Crippen molar-refractivity contribution in [3.8, 4) is 0 Å². The van der Waals surface area contributed by atoms with Gasteiger partial charge >= 0.3 is 5.97 Å². The molecule has 0 amide bonds. The molecule has 0 saturated carbocycles. The van der Waals surface area contributed by atoms with Gasteiger partial charge in [0.15, 0.2) is 0 Å². The molecule has 0 radical (unpaired) electrons. The molecule has 0 aromatic heterocycles. The van der Waals surface area contributed by atoms with Crippen molar-refractivity contribution < 1.29 is 66.4 Å². The molecule has 0 aliphatic rings. The Morgan fingerprint density at radius 3 is 0.907 bits per heavy atom. The van der Waals surface area contributed by atoms with Gasteiger partial charge in [0.1, 0.15) is 6.61 Å². The summed E-state index contributed by atoms with van der Waals surface area (Å²) in [5.74, 6) is 0.596. The molecule has 0 aromatic rings. The summed E-state index contributed by atoms with van der Waals surface area (Å²) >= 11 is 5.66. The lowest BCUT2D eigenvalue weighted by Crippen LogP contribution is -2.15. The van der Waals surface area contributed by atoms with Gasteiger partial charge in [0, 0.05) is 18.9 Å². The molecule has 0 unspecified atom stereocenters. The maximum Gasteiger partial charge on any atom is 0.305 e. The van der Waals surface area contributed by atoms with Crippen LogP contribution < -0.4 is 0 Å². The first-order valence-electron chi connectivity index (χ1n) is 20.5. The standard InChI is InChI=1S/C39H77ClO14/c1-2-3-4-5-6-9-12-39(41)54-38-37-53-36-35-52-34-33-51-32-31-50-30-29-49-28-27-48-26-25-47-24-23-46-22-21-45-20-19-44-18-17-43-16-15-42-14-11-8-7-10-13-40/h2-38H2,1H3. The van der Waals surface area contributed by atoms with E-state index in [4.69, 9.17) is 73.2 Å². The lowest BCUT2D eigenvalue weighted by molar-refractivity contribution is -0.145. The molecule has 0 aliphatic carbocycles. The fourth-order valence-corrected chi connectivity index (χ4v) is 4.70. The van der Waals surface area contributed by atoms with Gasteiger partial charge in [-0.1, -0.05) is 51.9 Å². The van der Waals surface area contributed by atoms with Crippen LogP contribution in [0, 0.1) is 0 Å². The van der Waals surface area contributed by atoms with Gasteiger partial charge < -0.3 is 61.6 Å². The molecule has 0 heterocycles. The van der Waals surface area contributed by atoms with Gasteiger partial charge in [-0.25, -0.2) is 0 Å². The van der Waals surface area contributed by atoms with E-state index in [0.717, 1.165) is 44.6 Å². The largest absolute Gasteiger partial charge is 0.463 e. The molecule has 0 fully saturated rings. The zero-order chi connectivity index (χ0) is 38.9. The summed E-state index contributed by atoms with van der Waals surface area (Å²) in [4.78, 5) is 11.7. The van der Waals surface area contributed by atoms with Gasteiger partial charge in [-0.2, -0.15) is 0 Å². The van der Waals surface area contributed by atoms with Gasteiger partial charge in [-0.3, -0.25) is 4.79 Å². The van der Waals surface area contributed by atoms with Crippen LogP contribution in [0.15, 0.2) is 0 Å². The first kappa shape index (κ1) is 53.3. The van der Waals surface area contributed by atoms with Crippen molar-refractivity contribution in [1.29, 1.82) is 0 Å². The average Bonchev–Trinajstić information content (AvgIpc) is 3.18. The Kier molecular flexibility index (Phi) is 49.6. The Morgan fingerprint density at radius 2 is 0.574 bits per heavy atom. The Bertz CT molecular complexity index is 698. The van der Waals surface area contributed by atoms with Crippen LogP contribution in [0.5, 0.6) is 0 Å². The zero-order valence-electron chi connectivity index (χ0n) is 33.8.